The Bertz CT molecular complexity index is 417. The van der Waals surface area contributed by atoms with Gasteiger partial charge in [-0.3, -0.25) is 4.90 Å². The molecule has 2 heterocycles. The Kier molecular flexibility index (Phi) is 7.04. The van der Waals surface area contributed by atoms with Crippen molar-refractivity contribution in [1.29, 1.82) is 0 Å². The first-order valence-electron chi connectivity index (χ1n) is 11.1. The molecule has 4 nitrogen and oxygen atoms in total. The lowest BCUT2D eigenvalue weighted by Gasteiger charge is -2.55. The van der Waals surface area contributed by atoms with E-state index in [-0.39, 0.29) is 0 Å². The molecule has 0 amide bonds. The number of rotatable bonds is 7. The van der Waals surface area contributed by atoms with E-state index in [1.807, 2.05) is 7.11 Å². The first-order valence-corrected chi connectivity index (χ1v) is 11.1. The van der Waals surface area contributed by atoms with Crippen LogP contribution in [0.3, 0.4) is 0 Å². The SMILES string of the molecule is COCC1(C(C)C)CC(N2CCN(CC3CCN(C(C)C)CC3)CC2)C1. The highest BCUT2D eigenvalue weighted by molar-refractivity contribution is 5.01. The van der Waals surface area contributed by atoms with Gasteiger partial charge in [0, 0.05) is 51.9 Å². The van der Waals surface area contributed by atoms with E-state index in [9.17, 15) is 0 Å². The molecule has 1 aliphatic carbocycles. The third kappa shape index (κ3) is 4.63. The maximum Gasteiger partial charge on any atom is 0.0522 e. The second-order valence-corrected chi connectivity index (χ2v) is 9.92. The molecular weight excluding hydrogens is 322 g/mol. The fourth-order valence-electron chi connectivity index (χ4n) is 5.51. The average molecular weight is 366 g/mol. The van der Waals surface area contributed by atoms with Gasteiger partial charge in [-0.1, -0.05) is 13.8 Å². The highest BCUT2D eigenvalue weighted by Gasteiger charge is 2.48. The minimum Gasteiger partial charge on any atom is -0.384 e. The van der Waals surface area contributed by atoms with E-state index in [1.165, 1.54) is 71.5 Å². The summed E-state index contributed by atoms with van der Waals surface area (Å²) in [5.41, 5.74) is 0.445. The van der Waals surface area contributed by atoms with Crippen LogP contribution < -0.4 is 0 Å². The quantitative estimate of drug-likeness (QED) is 0.690. The van der Waals surface area contributed by atoms with Crippen LogP contribution in [0.1, 0.15) is 53.4 Å². The van der Waals surface area contributed by atoms with Crippen LogP contribution >= 0.6 is 0 Å². The maximum atomic E-state index is 5.54. The van der Waals surface area contributed by atoms with Crippen molar-refractivity contribution in [2.24, 2.45) is 17.3 Å². The van der Waals surface area contributed by atoms with E-state index < -0.39 is 0 Å². The Morgan fingerprint density at radius 1 is 0.923 bits per heavy atom. The normalized spacial score (nSPS) is 33.1. The van der Waals surface area contributed by atoms with Gasteiger partial charge in [-0.2, -0.15) is 0 Å². The topological polar surface area (TPSA) is 19.0 Å². The van der Waals surface area contributed by atoms with Crippen LogP contribution in [0.25, 0.3) is 0 Å². The second-order valence-electron chi connectivity index (χ2n) is 9.92. The van der Waals surface area contributed by atoms with Gasteiger partial charge in [0.2, 0.25) is 0 Å². The van der Waals surface area contributed by atoms with Crippen molar-refractivity contribution in [1.82, 2.24) is 14.7 Å². The molecule has 0 bridgehead atoms. The minimum atomic E-state index is 0.445. The molecule has 0 aromatic heterocycles. The van der Waals surface area contributed by atoms with Gasteiger partial charge in [0.1, 0.15) is 0 Å². The predicted octanol–water partition coefficient (Wildman–Crippen LogP) is 3.18. The monoisotopic (exact) mass is 365 g/mol. The first-order chi connectivity index (χ1) is 12.4. The molecule has 0 N–H and O–H groups in total. The molecule has 4 heteroatoms. The van der Waals surface area contributed by atoms with Crippen LogP contribution in [0.5, 0.6) is 0 Å². The Hall–Kier alpha value is -0.160. The molecule has 3 rings (SSSR count). The molecule has 0 unspecified atom stereocenters. The molecule has 0 aromatic carbocycles. The number of hydrogen-bond donors (Lipinski definition) is 0. The van der Waals surface area contributed by atoms with Crippen LogP contribution in [-0.2, 0) is 4.74 Å². The van der Waals surface area contributed by atoms with Gasteiger partial charge in [-0.25, -0.2) is 0 Å². The fourth-order valence-corrected chi connectivity index (χ4v) is 5.51. The summed E-state index contributed by atoms with van der Waals surface area (Å²) in [7, 11) is 1.86. The third-order valence-electron chi connectivity index (χ3n) is 7.76. The van der Waals surface area contributed by atoms with Gasteiger partial charge in [0.15, 0.2) is 0 Å². The Morgan fingerprint density at radius 2 is 1.54 bits per heavy atom. The van der Waals surface area contributed by atoms with Gasteiger partial charge in [-0.05, 0) is 69.9 Å². The largest absolute Gasteiger partial charge is 0.384 e. The summed E-state index contributed by atoms with van der Waals surface area (Å²) in [6.45, 7) is 19.4. The molecule has 0 aromatic rings. The van der Waals surface area contributed by atoms with E-state index in [2.05, 4.69) is 42.4 Å². The fraction of sp³-hybridized carbons (Fsp3) is 1.00. The van der Waals surface area contributed by atoms with Gasteiger partial charge >= 0.3 is 0 Å². The molecule has 2 aliphatic heterocycles. The molecule has 152 valence electrons. The highest BCUT2D eigenvalue weighted by atomic mass is 16.5. The van der Waals surface area contributed by atoms with Crippen molar-refractivity contribution in [2.75, 3.05) is 59.5 Å². The number of likely N-dealkylation sites (tertiary alicyclic amines) is 1. The van der Waals surface area contributed by atoms with E-state index in [0.717, 1.165) is 30.5 Å². The van der Waals surface area contributed by atoms with Gasteiger partial charge < -0.3 is 14.5 Å². The average Bonchev–Trinajstić information content (AvgIpc) is 2.59. The van der Waals surface area contributed by atoms with E-state index >= 15 is 0 Å². The summed E-state index contributed by atoms with van der Waals surface area (Å²) in [4.78, 5) is 8.16. The summed E-state index contributed by atoms with van der Waals surface area (Å²) >= 11 is 0. The zero-order chi connectivity index (χ0) is 18.7. The van der Waals surface area contributed by atoms with Crippen molar-refractivity contribution >= 4 is 0 Å². The summed E-state index contributed by atoms with van der Waals surface area (Å²) in [5.74, 6) is 1.66. The summed E-state index contributed by atoms with van der Waals surface area (Å²) in [6.07, 6.45) is 5.47. The molecule has 0 spiro atoms. The predicted molar refractivity (Wildman–Crippen MR) is 110 cm³/mol. The zero-order valence-corrected chi connectivity index (χ0v) is 18.0. The maximum absolute atomic E-state index is 5.54. The number of nitrogens with zero attached hydrogens (tertiary/aromatic N) is 3. The molecular formula is C22H43N3O. The first kappa shape index (κ1) is 20.6. The van der Waals surface area contributed by atoms with Crippen molar-refractivity contribution < 1.29 is 4.74 Å². The summed E-state index contributed by atoms with van der Waals surface area (Å²) < 4.78 is 5.54. The molecule has 2 saturated heterocycles. The lowest BCUT2D eigenvalue weighted by Crippen LogP contribution is -2.59. The number of hydrogen-bond acceptors (Lipinski definition) is 4. The lowest BCUT2D eigenvalue weighted by molar-refractivity contribution is -0.0879. The zero-order valence-electron chi connectivity index (χ0n) is 18.0. The van der Waals surface area contributed by atoms with Crippen molar-refractivity contribution in [3.63, 3.8) is 0 Å². The van der Waals surface area contributed by atoms with Crippen molar-refractivity contribution in [3.05, 3.63) is 0 Å². The second kappa shape index (κ2) is 8.89. The smallest absolute Gasteiger partial charge is 0.0522 e. The van der Waals surface area contributed by atoms with E-state index in [0.29, 0.717) is 5.41 Å². The van der Waals surface area contributed by atoms with Gasteiger partial charge in [0.05, 0.1) is 6.61 Å². The number of piperazine rings is 1. The van der Waals surface area contributed by atoms with Crippen molar-refractivity contribution in [2.45, 2.75) is 65.5 Å². The van der Waals surface area contributed by atoms with Crippen LogP contribution in [0, 0.1) is 17.3 Å². The number of ether oxygens (including phenoxy) is 1. The molecule has 0 radical (unpaired) electrons. The van der Waals surface area contributed by atoms with Crippen LogP contribution in [-0.4, -0.2) is 86.3 Å². The Labute approximate surface area is 162 Å². The van der Waals surface area contributed by atoms with E-state index in [4.69, 9.17) is 4.74 Å². The third-order valence-corrected chi connectivity index (χ3v) is 7.76. The molecule has 26 heavy (non-hydrogen) atoms. The van der Waals surface area contributed by atoms with Crippen LogP contribution in [0.15, 0.2) is 0 Å². The van der Waals surface area contributed by atoms with Crippen LogP contribution in [0.4, 0.5) is 0 Å². The summed E-state index contributed by atoms with van der Waals surface area (Å²) in [5, 5.41) is 0. The molecule has 1 saturated carbocycles. The van der Waals surface area contributed by atoms with Crippen LogP contribution in [0.2, 0.25) is 0 Å². The standard InChI is InChI=1S/C22H43N3O/c1-18(2)22(17-26-5)14-21(15-22)25-12-10-23(11-13-25)16-20-6-8-24(9-7-20)19(3)4/h18-21H,6-17H2,1-5H3. The van der Waals surface area contributed by atoms with Crippen molar-refractivity contribution in [3.8, 4) is 0 Å². The number of methoxy groups -OCH3 is 1. The minimum absolute atomic E-state index is 0.445. The highest BCUT2D eigenvalue weighted by Crippen LogP contribution is 2.49. The van der Waals surface area contributed by atoms with Gasteiger partial charge in [-0.15, -0.1) is 0 Å². The molecule has 0 atom stereocenters. The molecule has 3 fully saturated rings. The Balaban J connectivity index is 1.36. The Morgan fingerprint density at radius 3 is 2.04 bits per heavy atom. The molecule has 3 aliphatic rings. The lowest BCUT2D eigenvalue weighted by atomic mass is 9.59. The summed E-state index contributed by atoms with van der Waals surface area (Å²) in [6, 6.07) is 1.53. The van der Waals surface area contributed by atoms with Gasteiger partial charge in [0.25, 0.3) is 0 Å². The number of piperidine rings is 1. The van der Waals surface area contributed by atoms with E-state index in [1.54, 1.807) is 0 Å².